The van der Waals surface area contributed by atoms with Gasteiger partial charge in [-0.1, -0.05) is 0 Å². The Labute approximate surface area is 181 Å². The van der Waals surface area contributed by atoms with Crippen molar-refractivity contribution >= 4 is 11.0 Å². The Morgan fingerprint density at radius 1 is 0.969 bits per heavy atom. The smallest absolute Gasteiger partial charge is 0.229 e. The van der Waals surface area contributed by atoms with Gasteiger partial charge in [-0.05, 0) is 31.2 Å². The summed E-state index contributed by atoms with van der Waals surface area (Å²) in [4.78, 5) is 12.7. The first-order valence-electron chi connectivity index (χ1n) is 9.74. The van der Waals surface area contributed by atoms with Crippen LogP contribution in [0.5, 0.6) is 23.0 Å². The van der Waals surface area contributed by atoms with Crippen LogP contribution < -0.4 is 14.9 Å². The third kappa shape index (κ3) is 3.73. The van der Waals surface area contributed by atoms with Crippen LogP contribution in [0.3, 0.4) is 0 Å². The molecular weight excluding hydrogens is 424 g/mol. The molecule has 2 aromatic carbocycles. The summed E-state index contributed by atoms with van der Waals surface area (Å²) in [5, 5.41) is 50.1. The lowest BCUT2D eigenvalue weighted by Gasteiger charge is -2.39. The standard InChI is InChI=1S/C22H22O10/c1-9-17(25)19(27)20(28)22(30-9)32-15-8-14-16(18(26)21(15)29-2)12(24)7-13(31-14)10-3-5-11(23)6-4-10/h3-9,17,19-20,22-23,25-28H,1-2H3/t9-,17-,19+,20-,22-/m0/s1. The summed E-state index contributed by atoms with van der Waals surface area (Å²) in [6.45, 7) is 1.49. The lowest BCUT2D eigenvalue weighted by atomic mass is 10.00. The van der Waals surface area contributed by atoms with Crippen molar-refractivity contribution in [2.24, 2.45) is 0 Å². The zero-order chi connectivity index (χ0) is 23.2. The van der Waals surface area contributed by atoms with Crippen LogP contribution in [0.4, 0.5) is 0 Å². The average molecular weight is 446 g/mol. The summed E-state index contributed by atoms with van der Waals surface area (Å²) in [5.41, 5.74) is -0.0675. The molecule has 170 valence electrons. The maximum absolute atomic E-state index is 12.7. The number of hydrogen-bond donors (Lipinski definition) is 5. The molecule has 0 amide bonds. The number of rotatable bonds is 4. The highest BCUT2D eigenvalue weighted by molar-refractivity contribution is 5.89. The van der Waals surface area contributed by atoms with E-state index in [0.29, 0.717) is 5.56 Å². The third-order valence-corrected chi connectivity index (χ3v) is 5.32. The van der Waals surface area contributed by atoms with Gasteiger partial charge in [-0.15, -0.1) is 0 Å². The normalized spacial score (nSPS) is 25.6. The van der Waals surface area contributed by atoms with Crippen molar-refractivity contribution in [3.8, 4) is 34.3 Å². The van der Waals surface area contributed by atoms with Gasteiger partial charge in [0.25, 0.3) is 0 Å². The van der Waals surface area contributed by atoms with E-state index in [4.69, 9.17) is 18.6 Å². The van der Waals surface area contributed by atoms with Gasteiger partial charge >= 0.3 is 0 Å². The van der Waals surface area contributed by atoms with Gasteiger partial charge in [-0.25, -0.2) is 0 Å². The average Bonchev–Trinajstić information content (AvgIpc) is 2.76. The molecule has 0 bridgehead atoms. The molecule has 0 aliphatic carbocycles. The first-order valence-corrected chi connectivity index (χ1v) is 9.74. The zero-order valence-electron chi connectivity index (χ0n) is 17.1. The molecule has 0 saturated carbocycles. The number of benzene rings is 2. The fraction of sp³-hybridized carbons (Fsp3) is 0.318. The molecule has 0 radical (unpaired) electrons. The zero-order valence-corrected chi connectivity index (χ0v) is 17.1. The first-order chi connectivity index (χ1) is 15.2. The first kappa shape index (κ1) is 21.9. The summed E-state index contributed by atoms with van der Waals surface area (Å²) in [6, 6.07) is 8.46. The van der Waals surface area contributed by atoms with Gasteiger partial charge < -0.3 is 44.2 Å². The monoisotopic (exact) mass is 446 g/mol. The third-order valence-electron chi connectivity index (χ3n) is 5.32. The minimum absolute atomic E-state index is 0.0344. The predicted molar refractivity (Wildman–Crippen MR) is 111 cm³/mol. The van der Waals surface area contributed by atoms with Crippen LogP contribution in [0.1, 0.15) is 6.92 Å². The topological polar surface area (TPSA) is 159 Å². The number of phenols is 2. The maximum Gasteiger partial charge on any atom is 0.229 e. The molecule has 1 aromatic heterocycles. The summed E-state index contributed by atoms with van der Waals surface area (Å²) >= 11 is 0. The Kier molecular flexibility index (Phi) is 5.70. The number of aromatic hydroxyl groups is 2. The lowest BCUT2D eigenvalue weighted by Crippen LogP contribution is -2.58. The minimum Gasteiger partial charge on any atom is -0.508 e. The van der Waals surface area contributed by atoms with Crippen molar-refractivity contribution in [2.45, 2.75) is 37.6 Å². The van der Waals surface area contributed by atoms with E-state index < -0.39 is 41.9 Å². The molecular formula is C22H22O10. The van der Waals surface area contributed by atoms with E-state index in [1.54, 1.807) is 12.1 Å². The van der Waals surface area contributed by atoms with E-state index in [1.165, 1.54) is 38.3 Å². The highest BCUT2D eigenvalue weighted by Gasteiger charge is 2.43. The Balaban J connectivity index is 1.80. The second kappa shape index (κ2) is 8.32. The molecule has 1 saturated heterocycles. The molecule has 2 heterocycles. The number of aliphatic hydroxyl groups excluding tert-OH is 3. The second-order valence-electron chi connectivity index (χ2n) is 7.45. The number of ether oxygens (including phenoxy) is 3. The highest BCUT2D eigenvalue weighted by atomic mass is 16.7. The largest absolute Gasteiger partial charge is 0.508 e. The molecule has 10 nitrogen and oxygen atoms in total. The predicted octanol–water partition coefficient (Wildman–Crippen LogP) is 1.09. The van der Waals surface area contributed by atoms with Crippen molar-refractivity contribution in [3.63, 3.8) is 0 Å². The van der Waals surface area contributed by atoms with Crippen LogP contribution in [0.15, 0.2) is 45.6 Å². The molecule has 1 aliphatic rings. The molecule has 1 aliphatic heterocycles. The molecule has 3 aromatic rings. The van der Waals surface area contributed by atoms with Gasteiger partial charge in [0.2, 0.25) is 12.0 Å². The van der Waals surface area contributed by atoms with Gasteiger partial charge in [0.1, 0.15) is 40.8 Å². The van der Waals surface area contributed by atoms with Gasteiger partial charge in [0, 0.05) is 17.7 Å². The van der Waals surface area contributed by atoms with Crippen molar-refractivity contribution in [1.29, 1.82) is 0 Å². The Morgan fingerprint density at radius 2 is 1.66 bits per heavy atom. The van der Waals surface area contributed by atoms with Gasteiger partial charge in [0.05, 0.1) is 13.2 Å². The number of fused-ring (bicyclic) bond motifs is 1. The summed E-state index contributed by atoms with van der Waals surface area (Å²) in [6.07, 6.45) is -6.69. The fourth-order valence-electron chi connectivity index (χ4n) is 3.55. The molecule has 10 heteroatoms. The van der Waals surface area contributed by atoms with Gasteiger partial charge in [-0.3, -0.25) is 4.79 Å². The molecule has 0 spiro atoms. The van der Waals surface area contributed by atoms with Crippen LogP contribution >= 0.6 is 0 Å². The van der Waals surface area contributed by atoms with Gasteiger partial charge in [0.15, 0.2) is 16.9 Å². The van der Waals surface area contributed by atoms with E-state index in [9.17, 15) is 30.3 Å². The van der Waals surface area contributed by atoms with Crippen LogP contribution in [-0.4, -0.2) is 63.3 Å². The Hall–Kier alpha value is -3.31. The lowest BCUT2D eigenvalue weighted by molar-refractivity contribution is -0.268. The minimum atomic E-state index is -1.60. The highest BCUT2D eigenvalue weighted by Crippen LogP contribution is 2.43. The molecule has 5 atom stereocenters. The van der Waals surface area contributed by atoms with E-state index >= 15 is 0 Å². The van der Waals surface area contributed by atoms with Crippen LogP contribution in [-0.2, 0) is 4.74 Å². The number of phenolic OH excluding ortho intramolecular Hbond substituents is 2. The van der Waals surface area contributed by atoms with Crippen molar-refractivity contribution < 1.29 is 44.2 Å². The van der Waals surface area contributed by atoms with E-state index in [0.717, 1.165) is 0 Å². The fourth-order valence-corrected chi connectivity index (χ4v) is 3.55. The summed E-state index contributed by atoms with van der Waals surface area (Å²) in [7, 11) is 1.25. The SMILES string of the molecule is COc1c(O[C@@H]2O[C@@H](C)[C@H](O)[C@@H](O)[C@@H]2O)cc2oc(-c3ccc(O)cc3)cc(=O)c2c1O. The van der Waals surface area contributed by atoms with E-state index in [2.05, 4.69) is 0 Å². The maximum atomic E-state index is 12.7. The second-order valence-corrected chi connectivity index (χ2v) is 7.45. The van der Waals surface area contributed by atoms with Crippen LogP contribution in [0, 0.1) is 0 Å². The number of hydrogen-bond acceptors (Lipinski definition) is 10. The van der Waals surface area contributed by atoms with E-state index in [-0.39, 0.29) is 34.0 Å². The van der Waals surface area contributed by atoms with Crippen molar-refractivity contribution in [1.82, 2.24) is 0 Å². The quantitative estimate of drug-likeness (QED) is 0.393. The molecule has 5 N–H and O–H groups in total. The molecule has 1 fully saturated rings. The Bertz CT molecular complexity index is 1190. The molecule has 0 unspecified atom stereocenters. The number of methoxy groups -OCH3 is 1. The number of aliphatic hydroxyl groups is 3. The van der Waals surface area contributed by atoms with Crippen LogP contribution in [0.2, 0.25) is 0 Å². The molecule has 4 rings (SSSR count). The summed E-state index contributed by atoms with van der Waals surface area (Å²) in [5.74, 6) is -0.638. The van der Waals surface area contributed by atoms with Crippen molar-refractivity contribution in [2.75, 3.05) is 7.11 Å². The van der Waals surface area contributed by atoms with Gasteiger partial charge in [-0.2, -0.15) is 0 Å². The summed E-state index contributed by atoms with van der Waals surface area (Å²) < 4.78 is 22.1. The molecule has 32 heavy (non-hydrogen) atoms. The van der Waals surface area contributed by atoms with Crippen molar-refractivity contribution in [3.05, 3.63) is 46.6 Å². The van der Waals surface area contributed by atoms with E-state index in [1.807, 2.05) is 0 Å². The van der Waals surface area contributed by atoms with Crippen LogP contribution in [0.25, 0.3) is 22.3 Å². The Morgan fingerprint density at radius 3 is 2.31 bits per heavy atom.